The average molecular weight is 336 g/mol. The van der Waals surface area contributed by atoms with Gasteiger partial charge in [0.25, 0.3) is 0 Å². The van der Waals surface area contributed by atoms with Gasteiger partial charge in [0.2, 0.25) is 5.82 Å². The topological polar surface area (TPSA) is 56.2 Å². The van der Waals surface area contributed by atoms with Gasteiger partial charge in [-0.3, -0.25) is 0 Å². The molecule has 0 saturated carbocycles. The van der Waals surface area contributed by atoms with Crippen LogP contribution in [0.4, 0.5) is 0 Å². The molecule has 0 spiro atoms. The van der Waals surface area contributed by atoms with E-state index in [-0.39, 0.29) is 0 Å². The summed E-state index contributed by atoms with van der Waals surface area (Å²) in [4.78, 5) is 9.22. The molecule has 4 rings (SSSR count). The van der Waals surface area contributed by atoms with Gasteiger partial charge in [-0.25, -0.2) is 4.98 Å². The van der Waals surface area contributed by atoms with Gasteiger partial charge in [0.1, 0.15) is 0 Å². The molecule has 0 atom stereocenters. The molecule has 5 nitrogen and oxygen atoms in total. The van der Waals surface area contributed by atoms with Crippen LogP contribution < -0.4 is 0 Å². The van der Waals surface area contributed by atoms with Gasteiger partial charge in [-0.15, -0.1) is 0 Å². The smallest absolute Gasteiger partial charge is 0.201 e. The first-order valence-corrected chi connectivity index (χ1v) is 8.74. The summed E-state index contributed by atoms with van der Waals surface area (Å²) in [6.45, 7) is 4.15. The molecule has 24 heavy (non-hydrogen) atoms. The summed E-state index contributed by atoms with van der Waals surface area (Å²) in [5.41, 5.74) is 3.92. The van der Waals surface area contributed by atoms with Crippen LogP contribution in [0.2, 0.25) is 0 Å². The fourth-order valence-electron chi connectivity index (χ4n) is 2.49. The number of fused-ring (bicyclic) bond motifs is 1. The Kier molecular flexibility index (Phi) is 3.82. The number of aryl methyl sites for hydroxylation is 1. The molecule has 1 aromatic carbocycles. The lowest BCUT2D eigenvalue weighted by Gasteiger charge is -2.03. The summed E-state index contributed by atoms with van der Waals surface area (Å²) in [5, 5.41) is 5.42. The minimum absolute atomic E-state index is 0.666. The Bertz CT molecular complexity index is 974. The number of rotatable bonds is 4. The summed E-state index contributed by atoms with van der Waals surface area (Å²) in [6, 6.07) is 14.0. The highest BCUT2D eigenvalue weighted by Gasteiger charge is 2.15. The second-order valence-corrected chi connectivity index (χ2v) is 6.64. The highest BCUT2D eigenvalue weighted by molar-refractivity contribution is 7.99. The predicted octanol–water partition coefficient (Wildman–Crippen LogP) is 4.47. The summed E-state index contributed by atoms with van der Waals surface area (Å²) in [5.74, 6) is 2.26. The summed E-state index contributed by atoms with van der Waals surface area (Å²) in [6.07, 6.45) is 1.64. The standard InChI is InChI=1S/C18H16N4OS/c1-3-24-18-19-16-11-14(13-8-6-12(2)7-9-13)21-22(16)17(20-18)15-5-4-10-23-15/h4-11H,3H2,1-2H3. The number of furan rings is 1. The largest absolute Gasteiger partial charge is 0.461 e. The normalized spacial score (nSPS) is 11.2. The van der Waals surface area contributed by atoms with Crippen molar-refractivity contribution in [2.75, 3.05) is 5.75 Å². The van der Waals surface area contributed by atoms with Crippen LogP contribution in [0.25, 0.3) is 28.5 Å². The Morgan fingerprint density at radius 3 is 2.67 bits per heavy atom. The SMILES string of the molecule is CCSc1nc(-c2ccco2)n2nc(-c3ccc(C)cc3)cc2n1. The van der Waals surface area contributed by atoms with E-state index in [1.807, 2.05) is 18.2 Å². The lowest BCUT2D eigenvalue weighted by molar-refractivity contribution is 0.571. The van der Waals surface area contributed by atoms with E-state index in [2.05, 4.69) is 48.1 Å². The van der Waals surface area contributed by atoms with Gasteiger partial charge >= 0.3 is 0 Å². The van der Waals surface area contributed by atoms with Gasteiger partial charge < -0.3 is 4.42 Å². The highest BCUT2D eigenvalue weighted by atomic mass is 32.2. The van der Waals surface area contributed by atoms with E-state index < -0.39 is 0 Å². The van der Waals surface area contributed by atoms with Crippen LogP contribution >= 0.6 is 11.8 Å². The first-order chi connectivity index (χ1) is 11.7. The van der Waals surface area contributed by atoms with E-state index in [1.54, 1.807) is 22.5 Å². The second kappa shape index (κ2) is 6.13. The van der Waals surface area contributed by atoms with E-state index in [9.17, 15) is 0 Å². The maximum absolute atomic E-state index is 5.53. The van der Waals surface area contributed by atoms with Gasteiger partial charge in [-0.1, -0.05) is 48.5 Å². The number of hydrogen-bond donors (Lipinski definition) is 0. The number of benzene rings is 1. The van der Waals surface area contributed by atoms with Crippen LogP contribution in [0.5, 0.6) is 0 Å². The van der Waals surface area contributed by atoms with Crippen molar-refractivity contribution in [3.63, 3.8) is 0 Å². The fourth-order valence-corrected chi connectivity index (χ4v) is 3.06. The van der Waals surface area contributed by atoms with Gasteiger partial charge in [-0.2, -0.15) is 14.6 Å². The molecule has 120 valence electrons. The van der Waals surface area contributed by atoms with Crippen molar-refractivity contribution in [2.24, 2.45) is 0 Å². The van der Waals surface area contributed by atoms with Crippen LogP contribution in [0, 0.1) is 6.92 Å². The van der Waals surface area contributed by atoms with Crippen molar-refractivity contribution in [3.8, 4) is 22.8 Å². The lowest BCUT2D eigenvalue weighted by Crippen LogP contribution is -2.01. The van der Waals surface area contributed by atoms with E-state index in [0.29, 0.717) is 11.6 Å². The molecule has 0 radical (unpaired) electrons. The van der Waals surface area contributed by atoms with E-state index in [1.165, 1.54) is 5.56 Å². The molecule has 0 fully saturated rings. The zero-order valence-corrected chi connectivity index (χ0v) is 14.2. The molecule has 0 unspecified atom stereocenters. The first-order valence-electron chi connectivity index (χ1n) is 7.76. The quantitative estimate of drug-likeness (QED) is 0.515. The van der Waals surface area contributed by atoms with E-state index in [0.717, 1.165) is 27.8 Å². The van der Waals surface area contributed by atoms with Crippen LogP contribution in [0.3, 0.4) is 0 Å². The Morgan fingerprint density at radius 2 is 1.96 bits per heavy atom. The minimum atomic E-state index is 0.666. The third-order valence-corrected chi connectivity index (χ3v) is 4.39. The molecular weight excluding hydrogens is 320 g/mol. The van der Waals surface area contributed by atoms with Crippen LogP contribution in [-0.4, -0.2) is 25.3 Å². The van der Waals surface area contributed by atoms with Crippen molar-refractivity contribution >= 4 is 17.4 Å². The zero-order valence-electron chi connectivity index (χ0n) is 13.4. The fraction of sp³-hybridized carbons (Fsp3) is 0.167. The Labute approximate surface area is 143 Å². The van der Waals surface area contributed by atoms with Crippen molar-refractivity contribution in [3.05, 3.63) is 54.3 Å². The Balaban J connectivity index is 1.91. The number of thioether (sulfide) groups is 1. The number of hydrogen-bond acceptors (Lipinski definition) is 5. The molecule has 6 heteroatoms. The first kappa shape index (κ1) is 15.0. The summed E-state index contributed by atoms with van der Waals surface area (Å²) < 4.78 is 7.27. The Hall–Kier alpha value is -2.60. The molecule has 3 heterocycles. The predicted molar refractivity (Wildman–Crippen MR) is 95.1 cm³/mol. The van der Waals surface area contributed by atoms with Gasteiger partial charge in [-0.05, 0) is 24.8 Å². The molecule has 0 bridgehead atoms. The summed E-state index contributed by atoms with van der Waals surface area (Å²) >= 11 is 1.60. The number of nitrogens with zero attached hydrogens (tertiary/aromatic N) is 4. The third-order valence-electron chi connectivity index (χ3n) is 3.67. The third kappa shape index (κ3) is 2.69. The molecular formula is C18H16N4OS. The molecule has 0 saturated heterocycles. The zero-order chi connectivity index (χ0) is 16.5. The molecule has 0 aliphatic heterocycles. The molecule has 0 aliphatic carbocycles. The molecule has 4 aromatic rings. The van der Waals surface area contributed by atoms with Crippen molar-refractivity contribution in [1.82, 2.24) is 19.6 Å². The van der Waals surface area contributed by atoms with E-state index >= 15 is 0 Å². The van der Waals surface area contributed by atoms with Crippen molar-refractivity contribution in [1.29, 1.82) is 0 Å². The minimum Gasteiger partial charge on any atom is -0.461 e. The molecule has 3 aromatic heterocycles. The van der Waals surface area contributed by atoms with Crippen molar-refractivity contribution in [2.45, 2.75) is 19.0 Å². The lowest BCUT2D eigenvalue weighted by atomic mass is 10.1. The van der Waals surface area contributed by atoms with Crippen LogP contribution in [-0.2, 0) is 0 Å². The van der Waals surface area contributed by atoms with Crippen molar-refractivity contribution < 1.29 is 4.42 Å². The maximum atomic E-state index is 5.53. The molecule has 0 aliphatic rings. The van der Waals surface area contributed by atoms with Gasteiger partial charge in [0.15, 0.2) is 16.6 Å². The number of aromatic nitrogens is 4. The summed E-state index contributed by atoms with van der Waals surface area (Å²) in [7, 11) is 0. The molecule has 0 N–H and O–H groups in total. The second-order valence-electron chi connectivity index (χ2n) is 5.41. The van der Waals surface area contributed by atoms with E-state index in [4.69, 9.17) is 9.52 Å². The molecule has 0 amide bonds. The average Bonchev–Trinajstić information content (AvgIpc) is 3.24. The van der Waals surface area contributed by atoms with Crippen LogP contribution in [0.15, 0.2) is 58.3 Å². The monoisotopic (exact) mass is 336 g/mol. The Morgan fingerprint density at radius 1 is 1.12 bits per heavy atom. The highest BCUT2D eigenvalue weighted by Crippen LogP contribution is 2.26. The van der Waals surface area contributed by atoms with Crippen LogP contribution in [0.1, 0.15) is 12.5 Å². The maximum Gasteiger partial charge on any atom is 0.201 e. The van der Waals surface area contributed by atoms with Gasteiger partial charge in [0, 0.05) is 11.6 Å². The van der Waals surface area contributed by atoms with Gasteiger partial charge in [0.05, 0.1) is 12.0 Å².